The Kier molecular flexibility index (Phi) is 5.32. The molecule has 1 heterocycles. The molecule has 106 valence electrons. The number of nitrogens with one attached hydrogen (secondary N) is 1. The van der Waals surface area contributed by atoms with Gasteiger partial charge in [-0.1, -0.05) is 12.1 Å². The van der Waals surface area contributed by atoms with E-state index in [0.717, 1.165) is 11.3 Å². The van der Waals surface area contributed by atoms with Crippen molar-refractivity contribution >= 4 is 5.91 Å². The minimum atomic E-state index is 0.0112. The fraction of sp³-hybridized carbons (Fsp3) is 0.333. The van der Waals surface area contributed by atoms with E-state index in [0.29, 0.717) is 26.2 Å². The average molecular weight is 273 g/mol. The van der Waals surface area contributed by atoms with Crippen molar-refractivity contribution < 1.29 is 9.53 Å². The van der Waals surface area contributed by atoms with E-state index in [9.17, 15) is 4.79 Å². The summed E-state index contributed by atoms with van der Waals surface area (Å²) in [5.74, 6) is 0.0112. The summed E-state index contributed by atoms with van der Waals surface area (Å²) in [4.78, 5) is 15.6. The maximum atomic E-state index is 11.5. The lowest BCUT2D eigenvalue weighted by Gasteiger charge is -2.07. The molecule has 0 atom stereocenters. The second-order valence-electron chi connectivity index (χ2n) is 4.36. The number of nitrogens with zero attached hydrogens (tertiary/aromatic N) is 2. The molecule has 1 N–H and O–H groups in total. The average Bonchev–Trinajstić information content (AvgIpc) is 3.00. The van der Waals surface area contributed by atoms with Crippen LogP contribution in [-0.2, 0) is 16.1 Å². The van der Waals surface area contributed by atoms with Gasteiger partial charge < -0.3 is 14.6 Å². The SMILES string of the molecule is CCOCCC(=O)NCc1ccc(-n2ccnc2)cc1. The van der Waals surface area contributed by atoms with E-state index in [-0.39, 0.29) is 5.91 Å². The third kappa shape index (κ3) is 4.20. The van der Waals surface area contributed by atoms with Gasteiger partial charge in [-0.2, -0.15) is 0 Å². The molecule has 0 saturated carbocycles. The summed E-state index contributed by atoms with van der Waals surface area (Å²) in [6, 6.07) is 8.00. The zero-order valence-corrected chi connectivity index (χ0v) is 11.6. The minimum absolute atomic E-state index is 0.0112. The second kappa shape index (κ2) is 7.45. The van der Waals surface area contributed by atoms with Crippen LogP contribution in [-0.4, -0.2) is 28.7 Å². The quantitative estimate of drug-likeness (QED) is 0.784. The lowest BCUT2D eigenvalue weighted by atomic mass is 10.2. The van der Waals surface area contributed by atoms with E-state index < -0.39 is 0 Å². The lowest BCUT2D eigenvalue weighted by molar-refractivity contribution is -0.122. The minimum Gasteiger partial charge on any atom is -0.381 e. The van der Waals surface area contributed by atoms with Crippen molar-refractivity contribution in [3.8, 4) is 5.69 Å². The Morgan fingerprint density at radius 3 is 2.80 bits per heavy atom. The van der Waals surface area contributed by atoms with Crippen LogP contribution in [0.3, 0.4) is 0 Å². The van der Waals surface area contributed by atoms with Gasteiger partial charge >= 0.3 is 0 Å². The fourth-order valence-electron chi connectivity index (χ4n) is 1.80. The van der Waals surface area contributed by atoms with Crippen molar-refractivity contribution in [3.05, 3.63) is 48.5 Å². The van der Waals surface area contributed by atoms with E-state index in [2.05, 4.69) is 10.3 Å². The molecule has 20 heavy (non-hydrogen) atoms. The van der Waals surface area contributed by atoms with Gasteiger partial charge in [-0.05, 0) is 24.6 Å². The zero-order chi connectivity index (χ0) is 14.2. The molecule has 5 nitrogen and oxygen atoms in total. The molecular weight excluding hydrogens is 254 g/mol. The van der Waals surface area contributed by atoms with Gasteiger partial charge in [0.05, 0.1) is 12.9 Å². The standard InChI is InChI=1S/C15H19N3O2/c1-2-20-10-7-15(19)17-11-13-3-5-14(6-4-13)18-9-8-16-12-18/h3-6,8-9,12H,2,7,10-11H2,1H3,(H,17,19). The van der Waals surface area contributed by atoms with Crippen LogP contribution < -0.4 is 5.32 Å². The van der Waals surface area contributed by atoms with Crippen LogP contribution >= 0.6 is 0 Å². The van der Waals surface area contributed by atoms with Gasteiger partial charge in [0.25, 0.3) is 0 Å². The van der Waals surface area contributed by atoms with Gasteiger partial charge in [-0.15, -0.1) is 0 Å². The van der Waals surface area contributed by atoms with Crippen molar-refractivity contribution in [1.29, 1.82) is 0 Å². The Hall–Kier alpha value is -2.14. The Labute approximate surface area is 118 Å². The largest absolute Gasteiger partial charge is 0.381 e. The molecule has 5 heteroatoms. The topological polar surface area (TPSA) is 56.1 Å². The van der Waals surface area contributed by atoms with Gasteiger partial charge in [0.2, 0.25) is 5.91 Å². The first-order valence-corrected chi connectivity index (χ1v) is 6.71. The summed E-state index contributed by atoms with van der Waals surface area (Å²) in [5, 5.41) is 2.87. The smallest absolute Gasteiger partial charge is 0.222 e. The van der Waals surface area contributed by atoms with Crippen LogP contribution in [0.2, 0.25) is 0 Å². The van der Waals surface area contributed by atoms with Crippen molar-refractivity contribution in [2.45, 2.75) is 19.9 Å². The van der Waals surface area contributed by atoms with Crippen LogP contribution in [0.1, 0.15) is 18.9 Å². The molecule has 1 aromatic carbocycles. The predicted octanol–water partition coefficient (Wildman–Crippen LogP) is 1.92. The highest BCUT2D eigenvalue weighted by Gasteiger charge is 2.01. The van der Waals surface area contributed by atoms with Gasteiger partial charge in [-0.25, -0.2) is 4.98 Å². The maximum absolute atomic E-state index is 11.5. The van der Waals surface area contributed by atoms with Gasteiger partial charge in [0, 0.05) is 37.7 Å². The van der Waals surface area contributed by atoms with E-state index >= 15 is 0 Å². The molecule has 0 saturated heterocycles. The first-order chi connectivity index (χ1) is 9.79. The van der Waals surface area contributed by atoms with Crippen molar-refractivity contribution in [1.82, 2.24) is 14.9 Å². The number of hydrogen-bond acceptors (Lipinski definition) is 3. The lowest BCUT2D eigenvalue weighted by Crippen LogP contribution is -2.23. The summed E-state index contributed by atoms with van der Waals surface area (Å²) >= 11 is 0. The molecule has 0 fully saturated rings. The Balaban J connectivity index is 1.81. The molecule has 0 unspecified atom stereocenters. The van der Waals surface area contributed by atoms with Crippen LogP contribution in [0, 0.1) is 0 Å². The third-order valence-electron chi connectivity index (χ3n) is 2.91. The van der Waals surface area contributed by atoms with Crippen molar-refractivity contribution in [2.24, 2.45) is 0 Å². The summed E-state index contributed by atoms with van der Waals surface area (Å²) in [6.07, 6.45) is 5.79. The molecule has 0 aliphatic carbocycles. The van der Waals surface area contributed by atoms with Gasteiger partial charge in [0.1, 0.15) is 0 Å². The molecule has 0 radical (unpaired) electrons. The molecule has 0 aliphatic heterocycles. The number of rotatable bonds is 7. The number of ether oxygens (including phenoxy) is 1. The second-order valence-corrected chi connectivity index (χ2v) is 4.36. The summed E-state index contributed by atoms with van der Waals surface area (Å²) in [6.45, 7) is 3.57. The number of aromatic nitrogens is 2. The molecule has 2 aromatic rings. The molecular formula is C15H19N3O2. The van der Waals surface area contributed by atoms with E-state index in [1.54, 1.807) is 12.5 Å². The fourth-order valence-corrected chi connectivity index (χ4v) is 1.80. The zero-order valence-electron chi connectivity index (χ0n) is 11.6. The number of hydrogen-bond donors (Lipinski definition) is 1. The van der Waals surface area contributed by atoms with E-state index in [1.165, 1.54) is 0 Å². The monoisotopic (exact) mass is 273 g/mol. The highest BCUT2D eigenvalue weighted by Crippen LogP contribution is 2.09. The van der Waals surface area contributed by atoms with Crippen molar-refractivity contribution in [2.75, 3.05) is 13.2 Å². The van der Waals surface area contributed by atoms with Gasteiger partial charge in [-0.3, -0.25) is 4.79 Å². The summed E-state index contributed by atoms with van der Waals surface area (Å²) in [5.41, 5.74) is 2.12. The Bertz CT molecular complexity index is 521. The Morgan fingerprint density at radius 2 is 2.15 bits per heavy atom. The Morgan fingerprint density at radius 1 is 1.35 bits per heavy atom. The normalized spacial score (nSPS) is 10.4. The first kappa shape index (κ1) is 14.3. The molecule has 2 rings (SSSR count). The molecule has 0 aliphatic rings. The summed E-state index contributed by atoms with van der Waals surface area (Å²) < 4.78 is 7.08. The maximum Gasteiger partial charge on any atom is 0.222 e. The van der Waals surface area contributed by atoms with Crippen LogP contribution in [0.15, 0.2) is 43.0 Å². The van der Waals surface area contributed by atoms with E-state index in [1.807, 2.05) is 42.0 Å². The van der Waals surface area contributed by atoms with Gasteiger partial charge in [0.15, 0.2) is 0 Å². The molecule has 1 amide bonds. The number of imidazole rings is 1. The number of amides is 1. The molecule has 0 spiro atoms. The highest BCUT2D eigenvalue weighted by atomic mass is 16.5. The van der Waals surface area contributed by atoms with E-state index in [4.69, 9.17) is 4.74 Å². The number of benzene rings is 1. The van der Waals surface area contributed by atoms with Crippen molar-refractivity contribution in [3.63, 3.8) is 0 Å². The molecule has 0 bridgehead atoms. The number of carbonyl (C=O) groups is 1. The third-order valence-corrected chi connectivity index (χ3v) is 2.91. The first-order valence-electron chi connectivity index (χ1n) is 6.71. The van der Waals surface area contributed by atoms with Crippen LogP contribution in [0.5, 0.6) is 0 Å². The number of carbonyl (C=O) groups excluding carboxylic acids is 1. The molecule has 1 aromatic heterocycles. The van der Waals surface area contributed by atoms with Crippen LogP contribution in [0.4, 0.5) is 0 Å². The summed E-state index contributed by atoms with van der Waals surface area (Å²) in [7, 11) is 0. The highest BCUT2D eigenvalue weighted by molar-refractivity contribution is 5.75. The van der Waals surface area contributed by atoms with Crippen LogP contribution in [0.25, 0.3) is 5.69 Å². The predicted molar refractivity (Wildman–Crippen MR) is 76.5 cm³/mol.